The van der Waals surface area contributed by atoms with E-state index in [9.17, 15) is 0 Å². The van der Waals surface area contributed by atoms with Gasteiger partial charge < -0.3 is 18.6 Å². The van der Waals surface area contributed by atoms with Gasteiger partial charge in [-0.1, -0.05) is 127 Å². The molecule has 0 aliphatic rings. The summed E-state index contributed by atoms with van der Waals surface area (Å²) >= 11 is 0. The first-order valence-electron chi connectivity index (χ1n) is 20.3. The lowest BCUT2D eigenvalue weighted by Crippen LogP contribution is -2.13. The molecule has 0 fully saturated rings. The van der Waals surface area contributed by atoms with Crippen LogP contribution in [0.3, 0.4) is 0 Å². The molecule has 12 aromatic rings. The fourth-order valence-electron chi connectivity index (χ4n) is 9.00. The zero-order chi connectivity index (χ0) is 39.6. The van der Waals surface area contributed by atoms with Crippen molar-refractivity contribution in [2.24, 2.45) is 0 Å². The molecule has 282 valence electrons. The van der Waals surface area contributed by atoms with Gasteiger partial charge in [-0.25, -0.2) is 0 Å². The van der Waals surface area contributed by atoms with Crippen LogP contribution in [0.1, 0.15) is 0 Å². The zero-order valence-electron chi connectivity index (χ0n) is 32.5. The Morgan fingerprint density at radius 3 is 1.48 bits per heavy atom. The number of fused-ring (bicyclic) bond motifs is 9. The van der Waals surface area contributed by atoms with E-state index < -0.39 is 0 Å². The van der Waals surface area contributed by atoms with E-state index in [1.165, 1.54) is 21.9 Å². The molecule has 0 unspecified atom stereocenters. The van der Waals surface area contributed by atoms with Crippen molar-refractivity contribution in [3.05, 3.63) is 218 Å². The summed E-state index contributed by atoms with van der Waals surface area (Å²) in [5.74, 6) is 0. The highest BCUT2D eigenvalue weighted by Gasteiger charge is 2.22. The van der Waals surface area contributed by atoms with Crippen LogP contribution in [0.5, 0.6) is 0 Å². The maximum atomic E-state index is 6.45. The number of hydrogen-bond acceptors (Lipinski definition) is 4. The van der Waals surface area contributed by atoms with Crippen LogP contribution >= 0.6 is 0 Å². The van der Waals surface area contributed by atoms with E-state index in [1.54, 1.807) is 0 Å². The van der Waals surface area contributed by atoms with E-state index in [0.717, 1.165) is 88.8 Å². The summed E-state index contributed by atoms with van der Waals surface area (Å²) in [5, 5.41) is 9.03. The van der Waals surface area contributed by atoms with Crippen molar-refractivity contribution in [3.8, 4) is 11.1 Å². The largest absolute Gasteiger partial charge is 0.456 e. The Hall–Kier alpha value is -8.08. The van der Waals surface area contributed by atoms with Gasteiger partial charge in [-0.2, -0.15) is 0 Å². The molecule has 0 bridgehead atoms. The second-order valence-corrected chi connectivity index (χ2v) is 15.3. The highest BCUT2D eigenvalue weighted by Crippen LogP contribution is 2.47. The molecule has 0 saturated carbocycles. The Balaban J connectivity index is 1.09. The fraction of sp³-hybridized carbons (Fsp3) is 0. The van der Waals surface area contributed by atoms with Gasteiger partial charge in [0.25, 0.3) is 0 Å². The molecular weight excluding hydrogens is 733 g/mol. The predicted molar refractivity (Wildman–Crippen MR) is 251 cm³/mol. The van der Waals surface area contributed by atoms with Gasteiger partial charge in [-0.05, 0) is 118 Å². The molecule has 0 amide bonds. The lowest BCUT2D eigenvalue weighted by Gasteiger charge is -2.30. The van der Waals surface area contributed by atoms with Gasteiger partial charge in [0.15, 0.2) is 0 Å². The summed E-state index contributed by atoms with van der Waals surface area (Å²) < 4.78 is 12.8. The SMILES string of the molecule is c1ccc(-c2ccc(N(c3ccccc3)c3cccc(N(c4ccc5oc6ccccc6c5c4)c4cc5cc6oc7ccccc7c6cc5c5ccccc45)c3)cc2)cc1. The van der Waals surface area contributed by atoms with Gasteiger partial charge in [0.05, 0.1) is 5.69 Å². The van der Waals surface area contributed by atoms with Gasteiger partial charge in [0.1, 0.15) is 22.3 Å². The number of para-hydroxylation sites is 3. The molecule has 4 heteroatoms. The summed E-state index contributed by atoms with van der Waals surface area (Å²) in [6.45, 7) is 0. The van der Waals surface area contributed by atoms with Gasteiger partial charge in [0.2, 0.25) is 0 Å². The van der Waals surface area contributed by atoms with E-state index in [1.807, 2.05) is 24.3 Å². The van der Waals surface area contributed by atoms with E-state index in [4.69, 9.17) is 8.83 Å². The Bertz CT molecular complexity index is 3550. The first-order valence-corrected chi connectivity index (χ1v) is 20.3. The molecule has 0 radical (unpaired) electrons. The van der Waals surface area contributed by atoms with Crippen LogP contribution in [0.15, 0.2) is 227 Å². The Morgan fingerprint density at radius 1 is 0.250 bits per heavy atom. The number of rotatable bonds is 7. The first-order chi connectivity index (χ1) is 29.7. The second-order valence-electron chi connectivity index (χ2n) is 15.3. The van der Waals surface area contributed by atoms with Gasteiger partial charge >= 0.3 is 0 Å². The van der Waals surface area contributed by atoms with Crippen molar-refractivity contribution in [1.82, 2.24) is 0 Å². The molecule has 2 heterocycles. The van der Waals surface area contributed by atoms with Crippen LogP contribution in [0.2, 0.25) is 0 Å². The van der Waals surface area contributed by atoms with Crippen LogP contribution in [0.25, 0.3) is 76.5 Å². The van der Waals surface area contributed by atoms with E-state index in [-0.39, 0.29) is 0 Å². The lowest BCUT2D eigenvalue weighted by atomic mass is 9.97. The molecule has 12 rings (SSSR count). The molecule has 0 aliphatic heterocycles. The minimum atomic E-state index is 0.860. The smallest absolute Gasteiger partial charge is 0.136 e. The Morgan fingerprint density at radius 2 is 0.750 bits per heavy atom. The molecule has 0 spiro atoms. The molecule has 0 atom stereocenters. The Labute approximate surface area is 346 Å². The third kappa shape index (κ3) is 5.61. The van der Waals surface area contributed by atoms with Crippen LogP contribution in [0, 0.1) is 0 Å². The van der Waals surface area contributed by atoms with Crippen molar-refractivity contribution in [3.63, 3.8) is 0 Å². The van der Waals surface area contributed by atoms with Crippen LogP contribution < -0.4 is 9.80 Å². The first kappa shape index (κ1) is 34.0. The molecule has 0 N–H and O–H groups in total. The zero-order valence-corrected chi connectivity index (χ0v) is 32.5. The molecule has 0 aliphatic carbocycles. The summed E-state index contributed by atoms with van der Waals surface area (Å²) in [4.78, 5) is 4.73. The van der Waals surface area contributed by atoms with E-state index >= 15 is 0 Å². The second kappa shape index (κ2) is 13.8. The Kier molecular flexibility index (Phi) is 7.82. The maximum absolute atomic E-state index is 6.45. The average molecular weight is 769 g/mol. The predicted octanol–water partition coefficient (Wildman–Crippen LogP) is 16.4. The van der Waals surface area contributed by atoms with Crippen molar-refractivity contribution < 1.29 is 8.83 Å². The molecule has 0 saturated heterocycles. The maximum Gasteiger partial charge on any atom is 0.136 e. The quantitative estimate of drug-likeness (QED) is 0.151. The standard InChI is InChI=1S/C56H36N2O2/c1-3-14-37(15-4-1)38-26-28-41(29-27-38)57(40-16-5-2-6-17-40)42-18-13-19-43(34-42)58(44-30-31-55-50(35-44)47-22-9-11-24-53(47)59-55)52-32-39-33-56-51(48-23-10-12-25-54(48)60-56)36-49(39)45-20-7-8-21-46(45)52/h1-36H. The summed E-state index contributed by atoms with van der Waals surface area (Å²) in [5.41, 5.74) is 12.2. The molecular formula is C56H36N2O2. The number of furan rings is 2. The highest BCUT2D eigenvalue weighted by molar-refractivity contribution is 6.20. The van der Waals surface area contributed by atoms with E-state index in [2.05, 4.69) is 204 Å². The van der Waals surface area contributed by atoms with Gasteiger partial charge in [-0.15, -0.1) is 0 Å². The lowest BCUT2D eigenvalue weighted by molar-refractivity contribution is 0.668. The third-order valence-corrected chi connectivity index (χ3v) is 11.8. The molecule has 10 aromatic carbocycles. The monoisotopic (exact) mass is 768 g/mol. The topological polar surface area (TPSA) is 32.8 Å². The number of nitrogens with zero attached hydrogens (tertiary/aromatic N) is 2. The van der Waals surface area contributed by atoms with Crippen molar-refractivity contribution in [2.45, 2.75) is 0 Å². The molecule has 4 nitrogen and oxygen atoms in total. The minimum Gasteiger partial charge on any atom is -0.456 e. The summed E-state index contributed by atoms with van der Waals surface area (Å²) in [7, 11) is 0. The fourth-order valence-corrected chi connectivity index (χ4v) is 9.00. The van der Waals surface area contributed by atoms with Gasteiger partial charge in [0, 0.05) is 55.4 Å². The highest BCUT2D eigenvalue weighted by atomic mass is 16.3. The number of benzene rings is 10. The van der Waals surface area contributed by atoms with Gasteiger partial charge in [-0.3, -0.25) is 0 Å². The number of anilines is 6. The van der Waals surface area contributed by atoms with Crippen molar-refractivity contribution in [1.29, 1.82) is 0 Å². The summed E-state index contributed by atoms with van der Waals surface area (Å²) in [6.07, 6.45) is 0. The van der Waals surface area contributed by atoms with Crippen LogP contribution in [-0.4, -0.2) is 0 Å². The van der Waals surface area contributed by atoms with E-state index in [0.29, 0.717) is 0 Å². The average Bonchev–Trinajstić information content (AvgIpc) is 3.87. The van der Waals surface area contributed by atoms with Crippen molar-refractivity contribution in [2.75, 3.05) is 9.80 Å². The minimum absolute atomic E-state index is 0.860. The van der Waals surface area contributed by atoms with Crippen LogP contribution in [-0.2, 0) is 0 Å². The molecule has 60 heavy (non-hydrogen) atoms. The number of hydrogen-bond donors (Lipinski definition) is 0. The van der Waals surface area contributed by atoms with Crippen LogP contribution in [0.4, 0.5) is 34.1 Å². The normalized spacial score (nSPS) is 11.7. The summed E-state index contributed by atoms with van der Waals surface area (Å²) in [6, 6.07) is 77.6. The molecule has 2 aromatic heterocycles. The van der Waals surface area contributed by atoms with Crippen molar-refractivity contribution >= 4 is 99.5 Å². The third-order valence-electron chi connectivity index (χ3n) is 11.8.